The Morgan fingerprint density at radius 1 is 1.05 bits per heavy atom. The van der Waals surface area contributed by atoms with E-state index in [9.17, 15) is 5.11 Å². The summed E-state index contributed by atoms with van der Waals surface area (Å²) < 4.78 is 0. The summed E-state index contributed by atoms with van der Waals surface area (Å²) in [6, 6.07) is 4.33. The minimum atomic E-state index is -0.0839. The van der Waals surface area contributed by atoms with E-state index in [0.717, 1.165) is 23.5 Å². The largest absolute Gasteiger partial charge is 0.507 e. The van der Waals surface area contributed by atoms with Crippen molar-refractivity contribution in [1.82, 2.24) is 0 Å². The van der Waals surface area contributed by atoms with Crippen LogP contribution in [0, 0.1) is 5.92 Å². The number of rotatable bonds is 3. The van der Waals surface area contributed by atoms with Gasteiger partial charge in [0.2, 0.25) is 0 Å². The smallest absolute Gasteiger partial charge is 0.123 e. The van der Waals surface area contributed by atoms with Crippen LogP contribution in [0.15, 0.2) is 12.1 Å². The molecule has 0 bridgehead atoms. The number of aromatic hydroxyl groups is 1. The maximum atomic E-state index is 10.7. The van der Waals surface area contributed by atoms with Crippen molar-refractivity contribution in [3.8, 4) is 5.75 Å². The number of hydrogen-bond acceptors (Lipinski definition) is 2. The highest BCUT2D eigenvalue weighted by Gasteiger charge is 2.29. The maximum absolute atomic E-state index is 10.7. The zero-order chi connectivity index (χ0) is 16.0. The van der Waals surface area contributed by atoms with Gasteiger partial charge in [-0.1, -0.05) is 66.5 Å². The Hall–Kier alpha value is -0.730. The lowest BCUT2D eigenvalue weighted by Crippen LogP contribution is -2.20. The molecule has 1 aromatic carbocycles. The van der Waals surface area contributed by atoms with E-state index in [4.69, 9.17) is 5.73 Å². The molecule has 0 radical (unpaired) electrons. The van der Waals surface area contributed by atoms with Crippen LogP contribution in [0.4, 0.5) is 0 Å². The minimum absolute atomic E-state index is 0. The van der Waals surface area contributed by atoms with Gasteiger partial charge < -0.3 is 10.8 Å². The van der Waals surface area contributed by atoms with E-state index in [-0.39, 0.29) is 29.3 Å². The molecule has 0 unspecified atom stereocenters. The molecule has 0 heterocycles. The summed E-state index contributed by atoms with van der Waals surface area (Å²) in [6.07, 6.45) is 3.71. The summed E-state index contributed by atoms with van der Waals surface area (Å²) >= 11 is 0. The molecule has 3 N–H and O–H groups in total. The fourth-order valence-electron chi connectivity index (χ4n) is 2.86. The van der Waals surface area contributed by atoms with Crippen LogP contribution in [0.5, 0.6) is 5.75 Å². The second-order valence-corrected chi connectivity index (χ2v) is 8.75. The topological polar surface area (TPSA) is 46.2 Å². The van der Waals surface area contributed by atoms with Gasteiger partial charge in [0.15, 0.2) is 0 Å². The van der Waals surface area contributed by atoms with Crippen LogP contribution in [-0.4, -0.2) is 5.11 Å². The lowest BCUT2D eigenvalue weighted by Gasteiger charge is -2.29. The first-order valence-corrected chi connectivity index (χ1v) is 8.13. The van der Waals surface area contributed by atoms with E-state index in [1.807, 2.05) is 0 Å². The molecule has 1 atom stereocenters. The fraction of sp³-hybridized carbons (Fsp3) is 0.684. The van der Waals surface area contributed by atoms with E-state index in [1.54, 1.807) is 0 Å². The quantitative estimate of drug-likeness (QED) is 0.801. The molecular formula is C19H32ClNO. The summed E-state index contributed by atoms with van der Waals surface area (Å²) in [5.74, 6) is 1.25. The standard InChI is InChI=1S/C19H31NO.ClH/c1-18(2,3)14-10-13(16(20)9-12-7-8-12)11-15(17(14)21)19(4,5)6;/h10-12,16,21H,7-9,20H2,1-6H3;1H/t16-;/m1./s1. The van der Waals surface area contributed by atoms with Crippen LogP contribution in [0.2, 0.25) is 0 Å². The number of phenols is 1. The first-order valence-electron chi connectivity index (χ1n) is 8.13. The number of hydrogen-bond donors (Lipinski definition) is 2. The number of halogens is 1. The Balaban J connectivity index is 0.00000242. The van der Waals surface area contributed by atoms with E-state index in [0.29, 0.717) is 5.75 Å². The molecule has 1 saturated carbocycles. The number of phenolic OH excluding ortho intramolecular Hbond substituents is 1. The summed E-state index contributed by atoms with van der Waals surface area (Å²) in [4.78, 5) is 0. The predicted molar refractivity (Wildman–Crippen MR) is 97.0 cm³/mol. The average molecular weight is 326 g/mol. The molecule has 3 heteroatoms. The van der Waals surface area contributed by atoms with E-state index >= 15 is 0 Å². The molecule has 0 spiro atoms. The van der Waals surface area contributed by atoms with Gasteiger partial charge in [-0.15, -0.1) is 12.4 Å². The Labute approximate surface area is 141 Å². The molecule has 1 aliphatic rings. The van der Waals surface area contributed by atoms with Crippen molar-refractivity contribution in [3.05, 3.63) is 28.8 Å². The highest BCUT2D eigenvalue weighted by molar-refractivity contribution is 5.85. The van der Waals surface area contributed by atoms with Gasteiger partial charge >= 0.3 is 0 Å². The van der Waals surface area contributed by atoms with Crippen LogP contribution in [0.25, 0.3) is 0 Å². The van der Waals surface area contributed by atoms with Crippen molar-refractivity contribution < 1.29 is 5.11 Å². The third-order valence-corrected chi connectivity index (χ3v) is 4.46. The van der Waals surface area contributed by atoms with Gasteiger partial charge in [0.25, 0.3) is 0 Å². The summed E-state index contributed by atoms with van der Waals surface area (Å²) in [5.41, 5.74) is 9.46. The third-order valence-electron chi connectivity index (χ3n) is 4.46. The molecule has 2 rings (SSSR count). The van der Waals surface area contributed by atoms with Crippen LogP contribution >= 0.6 is 12.4 Å². The molecule has 0 aliphatic heterocycles. The van der Waals surface area contributed by atoms with Crippen LogP contribution in [0.1, 0.15) is 83.5 Å². The summed E-state index contributed by atoms with van der Waals surface area (Å²) in [6.45, 7) is 12.9. The lowest BCUT2D eigenvalue weighted by atomic mass is 9.77. The molecule has 22 heavy (non-hydrogen) atoms. The monoisotopic (exact) mass is 325 g/mol. The summed E-state index contributed by atoms with van der Waals surface area (Å²) in [7, 11) is 0. The highest BCUT2D eigenvalue weighted by Crippen LogP contribution is 2.42. The average Bonchev–Trinajstić information content (AvgIpc) is 3.09. The third kappa shape index (κ3) is 4.39. The molecule has 1 fully saturated rings. The van der Waals surface area contributed by atoms with Crippen molar-refractivity contribution in [1.29, 1.82) is 0 Å². The molecule has 126 valence electrons. The number of nitrogens with two attached hydrogens (primary N) is 1. The van der Waals surface area contributed by atoms with Crippen molar-refractivity contribution in [2.45, 2.75) is 77.7 Å². The molecule has 2 nitrogen and oxygen atoms in total. The first-order chi connectivity index (χ1) is 9.50. The van der Waals surface area contributed by atoms with Crippen molar-refractivity contribution in [3.63, 3.8) is 0 Å². The van der Waals surface area contributed by atoms with Gasteiger partial charge in [0, 0.05) is 6.04 Å². The Morgan fingerprint density at radius 3 is 1.77 bits per heavy atom. The fourth-order valence-corrected chi connectivity index (χ4v) is 2.86. The minimum Gasteiger partial charge on any atom is -0.507 e. The van der Waals surface area contributed by atoms with Gasteiger partial charge in [-0.2, -0.15) is 0 Å². The van der Waals surface area contributed by atoms with Crippen molar-refractivity contribution in [2.24, 2.45) is 11.7 Å². The van der Waals surface area contributed by atoms with Gasteiger partial charge in [0.05, 0.1) is 0 Å². The molecule has 0 saturated heterocycles. The van der Waals surface area contributed by atoms with Gasteiger partial charge in [-0.3, -0.25) is 0 Å². The normalized spacial score (nSPS) is 17.0. The van der Waals surface area contributed by atoms with Gasteiger partial charge in [0.1, 0.15) is 5.75 Å². The molecule has 0 amide bonds. The van der Waals surface area contributed by atoms with Crippen LogP contribution < -0.4 is 5.73 Å². The van der Waals surface area contributed by atoms with E-state index in [2.05, 4.69) is 53.7 Å². The van der Waals surface area contributed by atoms with E-state index < -0.39 is 0 Å². The zero-order valence-electron chi connectivity index (χ0n) is 14.9. The SMILES string of the molecule is CC(C)(C)c1cc([C@H](N)CC2CC2)cc(C(C)(C)C)c1O.Cl. The van der Waals surface area contributed by atoms with Crippen molar-refractivity contribution >= 4 is 12.4 Å². The summed E-state index contributed by atoms with van der Waals surface area (Å²) in [5, 5.41) is 10.7. The van der Waals surface area contributed by atoms with Crippen LogP contribution in [0.3, 0.4) is 0 Å². The number of benzene rings is 1. The Morgan fingerprint density at radius 2 is 1.45 bits per heavy atom. The predicted octanol–water partition coefficient (Wildman–Crippen LogP) is 5.21. The Bertz CT molecular complexity index is 486. The van der Waals surface area contributed by atoms with Gasteiger partial charge in [-0.25, -0.2) is 0 Å². The molecular weight excluding hydrogens is 294 g/mol. The lowest BCUT2D eigenvalue weighted by molar-refractivity contribution is 0.421. The van der Waals surface area contributed by atoms with E-state index in [1.165, 1.54) is 18.4 Å². The second-order valence-electron chi connectivity index (χ2n) is 8.75. The van der Waals surface area contributed by atoms with Crippen molar-refractivity contribution in [2.75, 3.05) is 0 Å². The maximum Gasteiger partial charge on any atom is 0.123 e. The van der Waals surface area contributed by atoms with Gasteiger partial charge in [-0.05, 0) is 39.9 Å². The highest BCUT2D eigenvalue weighted by atomic mass is 35.5. The van der Waals surface area contributed by atoms with Crippen LogP contribution in [-0.2, 0) is 10.8 Å². The Kier molecular flexibility index (Phi) is 5.63. The second kappa shape index (κ2) is 6.41. The zero-order valence-corrected chi connectivity index (χ0v) is 15.7. The molecule has 0 aromatic heterocycles. The first kappa shape index (κ1) is 19.3. The molecule has 1 aromatic rings. The molecule has 1 aliphatic carbocycles.